The van der Waals surface area contributed by atoms with Gasteiger partial charge in [0.05, 0.1) is 11.2 Å². The molecular formula is C23H23N3O2. The summed E-state index contributed by atoms with van der Waals surface area (Å²) in [7, 11) is 0. The molecule has 1 aliphatic rings. The fourth-order valence-corrected chi connectivity index (χ4v) is 3.76. The van der Waals surface area contributed by atoms with Crippen molar-refractivity contribution < 1.29 is 9.59 Å². The average molecular weight is 373 g/mol. The normalized spacial score (nSPS) is 16.1. The molecule has 0 bridgehead atoms. The topological polar surface area (TPSA) is 62.3 Å². The van der Waals surface area contributed by atoms with Crippen LogP contribution in [0.3, 0.4) is 0 Å². The molecule has 1 unspecified atom stereocenters. The van der Waals surface area contributed by atoms with Crippen LogP contribution in [-0.2, 0) is 16.0 Å². The molecule has 2 aromatic carbocycles. The molecule has 0 aliphatic carbocycles. The number of para-hydroxylation sites is 2. The minimum Gasteiger partial charge on any atom is -0.323 e. The molecule has 3 aromatic rings. The number of carbonyl (C=O) groups excluding carboxylic acids is 2. The molecule has 28 heavy (non-hydrogen) atoms. The fraction of sp³-hybridized carbons (Fsp3) is 0.261. The smallest absolute Gasteiger partial charge is 0.242 e. The van der Waals surface area contributed by atoms with Gasteiger partial charge in [-0.1, -0.05) is 36.4 Å². The van der Waals surface area contributed by atoms with Crippen LogP contribution in [0.15, 0.2) is 60.8 Å². The first-order chi connectivity index (χ1) is 13.4. The highest BCUT2D eigenvalue weighted by Crippen LogP contribution is 2.36. The Kier molecular flexibility index (Phi) is 4.38. The molecule has 2 heterocycles. The Morgan fingerprint density at radius 3 is 2.64 bits per heavy atom. The zero-order valence-corrected chi connectivity index (χ0v) is 16.3. The van der Waals surface area contributed by atoms with Gasteiger partial charge in [0.1, 0.15) is 5.41 Å². The van der Waals surface area contributed by atoms with Gasteiger partial charge in [-0.3, -0.25) is 14.6 Å². The molecule has 4 rings (SSSR count). The lowest BCUT2D eigenvalue weighted by molar-refractivity contribution is -0.136. The van der Waals surface area contributed by atoms with Crippen molar-refractivity contribution in [2.45, 2.75) is 33.2 Å². The van der Waals surface area contributed by atoms with Crippen LogP contribution in [-0.4, -0.2) is 22.8 Å². The Morgan fingerprint density at radius 2 is 1.82 bits per heavy atom. The number of benzene rings is 2. The molecule has 0 spiro atoms. The van der Waals surface area contributed by atoms with Gasteiger partial charge >= 0.3 is 0 Å². The van der Waals surface area contributed by atoms with Gasteiger partial charge < -0.3 is 10.2 Å². The SMILES string of the molecule is CC1Cc2ccccc2N1C(=O)C(C)(C)C(=O)Nc1cccc2cccnc12. The molecule has 0 saturated heterocycles. The van der Waals surface area contributed by atoms with E-state index in [9.17, 15) is 9.59 Å². The van der Waals surface area contributed by atoms with Crippen LogP contribution in [0.1, 0.15) is 26.3 Å². The molecule has 0 radical (unpaired) electrons. The van der Waals surface area contributed by atoms with E-state index in [1.165, 1.54) is 0 Å². The van der Waals surface area contributed by atoms with Gasteiger partial charge in [-0.15, -0.1) is 0 Å². The zero-order chi connectivity index (χ0) is 19.9. The van der Waals surface area contributed by atoms with Crippen LogP contribution in [0.25, 0.3) is 10.9 Å². The number of hydrogen-bond acceptors (Lipinski definition) is 3. The molecule has 0 saturated carbocycles. The van der Waals surface area contributed by atoms with Crippen molar-refractivity contribution in [2.24, 2.45) is 5.41 Å². The summed E-state index contributed by atoms with van der Waals surface area (Å²) in [6.45, 7) is 5.37. The lowest BCUT2D eigenvalue weighted by Crippen LogP contribution is -2.49. The standard InChI is InChI=1S/C23H23N3O2/c1-15-14-17-8-4-5-12-19(17)26(15)22(28)23(2,3)21(27)25-18-11-6-9-16-10-7-13-24-20(16)18/h4-13,15H,14H2,1-3H3,(H,25,27). The highest BCUT2D eigenvalue weighted by atomic mass is 16.2. The summed E-state index contributed by atoms with van der Waals surface area (Å²) in [6, 6.07) is 17.3. The molecule has 0 fully saturated rings. The number of nitrogens with zero attached hydrogens (tertiary/aromatic N) is 2. The fourth-order valence-electron chi connectivity index (χ4n) is 3.76. The highest BCUT2D eigenvalue weighted by molar-refractivity contribution is 6.16. The number of anilines is 2. The van der Waals surface area contributed by atoms with Crippen LogP contribution in [0.4, 0.5) is 11.4 Å². The number of rotatable bonds is 3. The number of aromatic nitrogens is 1. The summed E-state index contributed by atoms with van der Waals surface area (Å²) in [6.07, 6.45) is 2.49. The predicted octanol–water partition coefficient (Wildman–Crippen LogP) is 4.18. The summed E-state index contributed by atoms with van der Waals surface area (Å²) < 4.78 is 0. The maximum atomic E-state index is 13.4. The lowest BCUT2D eigenvalue weighted by Gasteiger charge is -2.31. The maximum Gasteiger partial charge on any atom is 0.242 e. The van der Waals surface area contributed by atoms with E-state index in [4.69, 9.17) is 0 Å². The van der Waals surface area contributed by atoms with Gasteiger partial charge in [0, 0.05) is 23.3 Å². The lowest BCUT2D eigenvalue weighted by atomic mass is 9.89. The quantitative estimate of drug-likeness (QED) is 0.701. The molecule has 1 aromatic heterocycles. The second-order valence-electron chi connectivity index (χ2n) is 7.82. The highest BCUT2D eigenvalue weighted by Gasteiger charge is 2.43. The summed E-state index contributed by atoms with van der Waals surface area (Å²) in [5.74, 6) is -0.539. The first-order valence-electron chi connectivity index (χ1n) is 9.46. The van der Waals surface area contributed by atoms with Crippen LogP contribution < -0.4 is 10.2 Å². The van der Waals surface area contributed by atoms with Gasteiger partial charge in [-0.05, 0) is 51.0 Å². The zero-order valence-electron chi connectivity index (χ0n) is 16.3. The predicted molar refractivity (Wildman–Crippen MR) is 111 cm³/mol. The van der Waals surface area contributed by atoms with Gasteiger partial charge in [0.2, 0.25) is 11.8 Å². The van der Waals surface area contributed by atoms with Gasteiger partial charge in [-0.2, -0.15) is 0 Å². The van der Waals surface area contributed by atoms with Crippen LogP contribution >= 0.6 is 0 Å². The minimum atomic E-state index is -1.22. The van der Waals surface area contributed by atoms with Crippen molar-refractivity contribution in [3.05, 3.63) is 66.4 Å². The van der Waals surface area contributed by atoms with Crippen molar-refractivity contribution in [3.63, 3.8) is 0 Å². The molecule has 1 aliphatic heterocycles. The van der Waals surface area contributed by atoms with Crippen molar-refractivity contribution >= 4 is 34.1 Å². The van der Waals surface area contributed by atoms with Crippen molar-refractivity contribution in [1.29, 1.82) is 0 Å². The largest absolute Gasteiger partial charge is 0.323 e. The Bertz CT molecular complexity index is 1070. The van der Waals surface area contributed by atoms with Crippen LogP contribution in [0, 0.1) is 5.41 Å². The Hall–Kier alpha value is -3.21. The van der Waals surface area contributed by atoms with E-state index in [1.54, 1.807) is 24.9 Å². The van der Waals surface area contributed by atoms with E-state index in [0.717, 1.165) is 23.1 Å². The van der Waals surface area contributed by atoms with E-state index in [1.807, 2.05) is 61.5 Å². The molecular weight excluding hydrogens is 350 g/mol. The summed E-state index contributed by atoms with van der Waals surface area (Å²) in [4.78, 5) is 32.6. The molecule has 5 heteroatoms. The summed E-state index contributed by atoms with van der Waals surface area (Å²) in [5.41, 5.74) is 2.13. The number of carbonyl (C=O) groups is 2. The maximum absolute atomic E-state index is 13.4. The molecule has 5 nitrogen and oxygen atoms in total. The minimum absolute atomic E-state index is 0.0243. The van der Waals surface area contributed by atoms with E-state index in [2.05, 4.69) is 10.3 Å². The number of nitrogens with one attached hydrogen (secondary N) is 1. The summed E-state index contributed by atoms with van der Waals surface area (Å²) in [5, 5.41) is 3.86. The van der Waals surface area contributed by atoms with Crippen LogP contribution in [0.2, 0.25) is 0 Å². The molecule has 2 amide bonds. The van der Waals surface area contributed by atoms with Gasteiger partial charge in [-0.25, -0.2) is 0 Å². The number of pyridine rings is 1. The average Bonchev–Trinajstić information content (AvgIpc) is 3.03. The Morgan fingerprint density at radius 1 is 1.07 bits per heavy atom. The Balaban J connectivity index is 1.62. The molecule has 142 valence electrons. The third-order valence-corrected chi connectivity index (χ3v) is 5.41. The van der Waals surface area contributed by atoms with E-state index < -0.39 is 5.41 Å². The number of hydrogen-bond donors (Lipinski definition) is 1. The van der Waals surface area contributed by atoms with Gasteiger partial charge in [0.15, 0.2) is 0 Å². The van der Waals surface area contributed by atoms with Crippen molar-refractivity contribution in [3.8, 4) is 0 Å². The monoisotopic (exact) mass is 373 g/mol. The number of fused-ring (bicyclic) bond motifs is 2. The first-order valence-corrected chi connectivity index (χ1v) is 9.46. The molecule has 1 N–H and O–H groups in total. The van der Waals surface area contributed by atoms with Crippen molar-refractivity contribution in [2.75, 3.05) is 10.2 Å². The first kappa shape index (κ1) is 18.2. The van der Waals surface area contributed by atoms with E-state index in [-0.39, 0.29) is 17.9 Å². The molecule has 1 atom stereocenters. The third kappa shape index (κ3) is 2.93. The second-order valence-corrected chi connectivity index (χ2v) is 7.82. The third-order valence-electron chi connectivity index (χ3n) is 5.41. The number of amides is 2. The van der Waals surface area contributed by atoms with Gasteiger partial charge in [0.25, 0.3) is 0 Å². The van der Waals surface area contributed by atoms with Crippen LogP contribution in [0.5, 0.6) is 0 Å². The Labute approximate surface area is 164 Å². The summed E-state index contributed by atoms with van der Waals surface area (Å²) >= 11 is 0. The van der Waals surface area contributed by atoms with E-state index >= 15 is 0 Å². The van der Waals surface area contributed by atoms with E-state index in [0.29, 0.717) is 11.2 Å². The van der Waals surface area contributed by atoms with Crippen molar-refractivity contribution in [1.82, 2.24) is 4.98 Å². The second kappa shape index (κ2) is 6.75.